The van der Waals surface area contributed by atoms with E-state index in [1.165, 1.54) is 24.7 Å². The van der Waals surface area contributed by atoms with Gasteiger partial charge in [0.1, 0.15) is 28.5 Å². The second kappa shape index (κ2) is 33.9. The molecule has 70 heavy (non-hydrogen) atoms. The molecule has 11 heteroatoms. The number of carbonyl (C=O) groups is 2. The average molecular weight is 1010 g/mol. The van der Waals surface area contributed by atoms with Gasteiger partial charge in [-0.05, 0) is 202 Å². The molecular formula is C59H96O9P2. The normalized spacial score (nSPS) is 17.0. The Labute approximate surface area is 430 Å². The van der Waals surface area contributed by atoms with E-state index in [4.69, 9.17) is 23.7 Å². The quantitative estimate of drug-likeness (QED) is 0.0414. The highest BCUT2D eigenvalue weighted by molar-refractivity contribution is 7.92. The van der Waals surface area contributed by atoms with Gasteiger partial charge in [0.15, 0.2) is 6.29 Å². The van der Waals surface area contributed by atoms with Gasteiger partial charge in [-0.1, -0.05) is 91.9 Å². The van der Waals surface area contributed by atoms with Gasteiger partial charge >= 0.3 is 11.9 Å². The number of rotatable bonds is 23. The molecule has 2 aliphatic carbocycles. The van der Waals surface area contributed by atoms with E-state index in [0.717, 1.165) is 100 Å². The molecule has 8 atom stereocenters. The molecule has 0 aliphatic heterocycles. The van der Waals surface area contributed by atoms with E-state index in [-0.39, 0.29) is 90.2 Å². The van der Waals surface area contributed by atoms with Crippen LogP contribution in [0.3, 0.4) is 0 Å². The first-order valence-electron chi connectivity index (χ1n) is 26.0. The van der Waals surface area contributed by atoms with Crippen molar-refractivity contribution in [3.63, 3.8) is 0 Å². The minimum absolute atomic E-state index is 0. The predicted octanol–water partition coefficient (Wildman–Crippen LogP) is 16.5. The molecule has 0 heterocycles. The van der Waals surface area contributed by atoms with Gasteiger partial charge in [-0.15, -0.1) is 17.9 Å². The number of carbonyl (C=O) groups excluding carboxylic acids is 2. The third kappa shape index (κ3) is 22.4. The Morgan fingerprint density at radius 1 is 0.600 bits per heavy atom. The zero-order valence-corrected chi connectivity index (χ0v) is 46.7. The van der Waals surface area contributed by atoms with Crippen LogP contribution in [-0.4, -0.2) is 51.9 Å². The molecule has 0 aromatic heterocycles. The summed E-state index contributed by atoms with van der Waals surface area (Å²) in [4.78, 5) is 26.0. The van der Waals surface area contributed by atoms with Crippen LogP contribution in [0.2, 0.25) is 0 Å². The fourth-order valence-corrected chi connectivity index (χ4v) is 9.60. The Morgan fingerprint density at radius 3 is 1.34 bits per heavy atom. The number of benzene rings is 3. The first-order valence-corrected chi connectivity index (χ1v) is 28.6. The van der Waals surface area contributed by atoms with Gasteiger partial charge < -0.3 is 33.9 Å². The topological polar surface area (TPSA) is 121 Å². The van der Waals surface area contributed by atoms with Crippen molar-refractivity contribution < 1.29 is 43.5 Å². The standard InChI is InChI=1S/C33H48O5.C20H30O3.C5H10O.CH4.H4P2/c1-7-26(32(35)38-33(8-2)19-9-10-20-33)22-29(28-11-15-30(34)16-12-28)21-24(5)27-13-17-31(18-14-27)37-25(6)36-23(3)4;1-4-16(14-15(3)17-8-10-18(21)11-9-17)19(22)23-20(5-2)12-6-7-13-20;1-4-6-5(2)3;;1-2/h11-18,23-26,29,34H,7-10,19-22H2,1-6H3;8-11,15-16,21H,4-7,12-14H2,1-3H3;4-5H,1H2,2-3H3;1H4;1-2H2. The molecule has 3 aromatic carbocycles. The predicted molar refractivity (Wildman–Crippen MR) is 298 cm³/mol. The zero-order chi connectivity index (χ0) is 51.6. The number of hydrogen-bond acceptors (Lipinski definition) is 9. The number of aromatic hydroxyl groups is 2. The van der Waals surface area contributed by atoms with Gasteiger partial charge in [0.2, 0.25) is 0 Å². The second-order valence-corrected chi connectivity index (χ2v) is 19.7. The highest BCUT2D eigenvalue weighted by atomic mass is 32.0. The minimum atomic E-state index is -0.307. The highest BCUT2D eigenvalue weighted by Gasteiger charge is 2.39. The van der Waals surface area contributed by atoms with Crippen LogP contribution in [0.5, 0.6) is 17.2 Å². The van der Waals surface area contributed by atoms with E-state index in [1.807, 2.05) is 71.0 Å². The van der Waals surface area contributed by atoms with Gasteiger partial charge in [-0.25, -0.2) is 0 Å². The number of esters is 2. The summed E-state index contributed by atoms with van der Waals surface area (Å²) in [5, 5.41) is 19.3. The lowest BCUT2D eigenvalue weighted by Crippen LogP contribution is -2.34. The summed E-state index contributed by atoms with van der Waals surface area (Å²) in [5.41, 5.74) is 3.05. The summed E-state index contributed by atoms with van der Waals surface area (Å²) in [6.45, 7) is 26.0. The lowest BCUT2D eigenvalue weighted by atomic mass is 9.80. The smallest absolute Gasteiger partial charge is 0.309 e. The van der Waals surface area contributed by atoms with Crippen LogP contribution in [0, 0.1) is 11.8 Å². The summed E-state index contributed by atoms with van der Waals surface area (Å²) >= 11 is 0. The Bertz CT molecular complexity index is 1850. The van der Waals surface area contributed by atoms with Crippen LogP contribution in [-0.2, 0) is 28.5 Å². The molecule has 0 bridgehead atoms. The van der Waals surface area contributed by atoms with Crippen LogP contribution in [0.4, 0.5) is 0 Å². The summed E-state index contributed by atoms with van der Waals surface area (Å²) in [7, 11) is 4.67. The van der Waals surface area contributed by atoms with Crippen molar-refractivity contribution in [3.05, 3.63) is 102 Å². The maximum Gasteiger partial charge on any atom is 0.309 e. The monoisotopic (exact) mass is 1010 g/mol. The Hall–Kier alpha value is -3.64. The number of phenols is 2. The number of phenolic OH excluding ortho intramolecular Hbond substituents is 2. The van der Waals surface area contributed by atoms with Crippen molar-refractivity contribution in [1.82, 2.24) is 0 Å². The van der Waals surface area contributed by atoms with E-state index in [0.29, 0.717) is 0 Å². The van der Waals surface area contributed by atoms with Gasteiger partial charge in [0.05, 0.1) is 30.3 Å². The molecule has 0 radical (unpaired) electrons. The highest BCUT2D eigenvalue weighted by Crippen LogP contribution is 2.41. The molecule has 9 nitrogen and oxygen atoms in total. The summed E-state index contributed by atoms with van der Waals surface area (Å²) in [6.07, 6.45) is 15.9. The van der Waals surface area contributed by atoms with Gasteiger partial charge in [-0.3, -0.25) is 9.59 Å². The van der Waals surface area contributed by atoms with E-state index < -0.39 is 0 Å². The first-order chi connectivity index (χ1) is 32.9. The zero-order valence-electron chi connectivity index (χ0n) is 44.3. The van der Waals surface area contributed by atoms with Gasteiger partial charge in [0, 0.05) is 0 Å². The maximum atomic E-state index is 13.4. The Morgan fingerprint density at radius 2 is 0.986 bits per heavy atom. The molecule has 0 saturated heterocycles. The van der Waals surface area contributed by atoms with Crippen molar-refractivity contribution in [3.8, 4) is 17.2 Å². The summed E-state index contributed by atoms with van der Waals surface area (Å²) in [6, 6.07) is 23.0. The Balaban J connectivity index is 0.000000649. The van der Waals surface area contributed by atoms with E-state index in [2.05, 4.69) is 78.1 Å². The fraction of sp³-hybridized carbons (Fsp3) is 0.627. The van der Waals surface area contributed by atoms with Crippen molar-refractivity contribution in [2.45, 2.75) is 227 Å². The van der Waals surface area contributed by atoms with Crippen LogP contribution >= 0.6 is 17.9 Å². The maximum absolute atomic E-state index is 13.4. The lowest BCUT2D eigenvalue weighted by molar-refractivity contribution is -0.166. The van der Waals surface area contributed by atoms with Gasteiger partial charge in [-0.2, -0.15) is 0 Å². The Kier molecular flexibility index (Phi) is 31.2. The van der Waals surface area contributed by atoms with Gasteiger partial charge in [0.25, 0.3) is 0 Å². The van der Waals surface area contributed by atoms with Crippen molar-refractivity contribution >= 4 is 29.8 Å². The molecule has 396 valence electrons. The average Bonchev–Trinajstić information content (AvgIpc) is 4.01. The molecule has 2 N–H and O–H groups in total. The van der Waals surface area contributed by atoms with Crippen LogP contribution in [0.25, 0.3) is 0 Å². The molecule has 8 unspecified atom stereocenters. The number of ether oxygens (including phenoxy) is 5. The molecule has 0 amide bonds. The van der Waals surface area contributed by atoms with Crippen LogP contribution < -0.4 is 4.74 Å². The molecule has 0 spiro atoms. The third-order valence-corrected chi connectivity index (χ3v) is 13.9. The molecular weight excluding hydrogens is 915 g/mol. The SMILES string of the molecule is C.C=COC(C)C.CCC(CC(C)c1ccc(O)cc1)C(=O)OC1(CC)CCCC1.CCC(CC(CC(C)c1ccc(OC(C)OC(C)C)cc1)c1ccc(O)cc1)C(=O)OC1(CC)CCCC1.PP. The van der Waals surface area contributed by atoms with Crippen molar-refractivity contribution in [1.29, 1.82) is 0 Å². The van der Waals surface area contributed by atoms with E-state index in [1.54, 1.807) is 24.3 Å². The van der Waals surface area contributed by atoms with E-state index >= 15 is 0 Å². The minimum Gasteiger partial charge on any atom is -0.508 e. The molecule has 2 fully saturated rings. The molecule has 2 saturated carbocycles. The molecule has 3 aromatic rings. The fourth-order valence-electron chi connectivity index (χ4n) is 9.60. The third-order valence-electron chi connectivity index (χ3n) is 13.9. The molecule has 5 rings (SSSR count). The lowest BCUT2D eigenvalue weighted by Gasteiger charge is -2.31. The molecule has 2 aliphatic rings. The second-order valence-electron chi connectivity index (χ2n) is 19.7. The summed E-state index contributed by atoms with van der Waals surface area (Å²) < 4.78 is 28.6. The first kappa shape index (κ1) is 64.4. The van der Waals surface area contributed by atoms with Crippen molar-refractivity contribution in [2.75, 3.05) is 0 Å². The van der Waals surface area contributed by atoms with E-state index in [9.17, 15) is 19.8 Å². The number of hydrogen-bond donors (Lipinski definition) is 2. The van der Waals surface area contributed by atoms with Crippen LogP contribution in [0.15, 0.2) is 85.6 Å². The van der Waals surface area contributed by atoms with Crippen LogP contribution in [0.1, 0.15) is 214 Å². The van der Waals surface area contributed by atoms with Crippen molar-refractivity contribution in [2.24, 2.45) is 11.8 Å². The summed E-state index contributed by atoms with van der Waals surface area (Å²) in [5.74, 6) is 1.75. The largest absolute Gasteiger partial charge is 0.508 e.